The zero-order valence-corrected chi connectivity index (χ0v) is 11.3. The molecule has 0 radical (unpaired) electrons. The van der Waals surface area contributed by atoms with Gasteiger partial charge in [0.2, 0.25) is 0 Å². The van der Waals surface area contributed by atoms with Gasteiger partial charge < -0.3 is 0 Å². The van der Waals surface area contributed by atoms with E-state index in [0.29, 0.717) is 5.88 Å². The molecule has 4 heteroatoms. The van der Waals surface area contributed by atoms with Crippen molar-refractivity contribution in [1.29, 1.82) is 0 Å². The molecule has 2 aromatic rings. The molecule has 0 saturated heterocycles. The molecule has 0 bridgehead atoms. The molecule has 2 rings (SSSR count). The molecule has 0 fully saturated rings. The molecule has 0 unspecified atom stereocenters. The van der Waals surface area contributed by atoms with E-state index in [1.54, 1.807) is 0 Å². The third-order valence-corrected chi connectivity index (χ3v) is 3.69. The molecule has 2 nitrogen and oxygen atoms in total. The van der Waals surface area contributed by atoms with E-state index in [4.69, 9.17) is 11.6 Å². The average molecular weight is 300 g/mol. The Morgan fingerprint density at radius 3 is 2.69 bits per heavy atom. The Balaban J connectivity index is 2.27. The number of alkyl halides is 1. The van der Waals surface area contributed by atoms with Crippen molar-refractivity contribution in [3.05, 3.63) is 51.8 Å². The molecule has 84 valence electrons. The Bertz CT molecular complexity index is 494. The molecule has 0 aliphatic carbocycles. The molecular weight excluding hydrogens is 288 g/mol. The molecule has 0 saturated carbocycles. The van der Waals surface area contributed by atoms with Crippen LogP contribution >= 0.6 is 27.5 Å². The molecule has 0 amide bonds. The zero-order chi connectivity index (χ0) is 11.5. The summed E-state index contributed by atoms with van der Waals surface area (Å²) < 4.78 is 3.08. The van der Waals surface area contributed by atoms with E-state index in [-0.39, 0.29) is 0 Å². The minimum atomic E-state index is 0.516. The van der Waals surface area contributed by atoms with Crippen LogP contribution in [0.25, 0.3) is 0 Å². The summed E-state index contributed by atoms with van der Waals surface area (Å²) >= 11 is 9.35. The monoisotopic (exact) mass is 298 g/mol. The quantitative estimate of drug-likeness (QED) is 0.790. The van der Waals surface area contributed by atoms with E-state index in [1.165, 1.54) is 5.56 Å². The van der Waals surface area contributed by atoms with Crippen molar-refractivity contribution < 1.29 is 0 Å². The Morgan fingerprint density at radius 2 is 2.06 bits per heavy atom. The van der Waals surface area contributed by atoms with Gasteiger partial charge in [0.1, 0.15) is 0 Å². The molecule has 1 aromatic heterocycles. The summed E-state index contributed by atoms with van der Waals surface area (Å²) in [6, 6.07) is 8.16. The fraction of sp³-hybridized carbons (Fsp3) is 0.250. The summed E-state index contributed by atoms with van der Waals surface area (Å²) in [4.78, 5) is 0. The third-order valence-electron chi connectivity index (χ3n) is 2.63. The lowest BCUT2D eigenvalue weighted by molar-refractivity contribution is 0.662. The highest BCUT2D eigenvalue weighted by molar-refractivity contribution is 9.10. The van der Waals surface area contributed by atoms with Crippen LogP contribution in [-0.2, 0) is 12.4 Å². The van der Waals surface area contributed by atoms with Crippen LogP contribution in [0.2, 0.25) is 0 Å². The molecule has 0 aliphatic heterocycles. The third kappa shape index (κ3) is 2.30. The fourth-order valence-electron chi connectivity index (χ4n) is 1.56. The van der Waals surface area contributed by atoms with Crippen molar-refractivity contribution in [3.8, 4) is 0 Å². The van der Waals surface area contributed by atoms with Crippen molar-refractivity contribution >= 4 is 27.5 Å². The second-order valence-electron chi connectivity index (χ2n) is 3.64. The number of halogens is 2. The summed E-state index contributed by atoms with van der Waals surface area (Å²) in [7, 11) is 0. The second-order valence-corrected chi connectivity index (χ2v) is 4.76. The summed E-state index contributed by atoms with van der Waals surface area (Å²) in [6.45, 7) is 2.81. The number of hydrogen-bond donors (Lipinski definition) is 0. The molecule has 1 heterocycles. The maximum absolute atomic E-state index is 5.82. The lowest BCUT2D eigenvalue weighted by atomic mass is 10.2. The van der Waals surface area contributed by atoms with Gasteiger partial charge in [0, 0.05) is 15.7 Å². The number of hydrogen-bond acceptors (Lipinski definition) is 1. The van der Waals surface area contributed by atoms with Crippen LogP contribution < -0.4 is 0 Å². The van der Waals surface area contributed by atoms with Crippen molar-refractivity contribution in [1.82, 2.24) is 9.78 Å². The first kappa shape index (κ1) is 11.7. The van der Waals surface area contributed by atoms with Gasteiger partial charge in [-0.3, -0.25) is 4.68 Å². The normalized spacial score (nSPS) is 10.7. The van der Waals surface area contributed by atoms with Gasteiger partial charge in [-0.05, 0) is 18.6 Å². The van der Waals surface area contributed by atoms with Crippen LogP contribution in [0.1, 0.15) is 16.8 Å². The summed E-state index contributed by atoms with van der Waals surface area (Å²) in [5.41, 5.74) is 3.44. The minimum Gasteiger partial charge on any atom is -0.265 e. The van der Waals surface area contributed by atoms with Gasteiger partial charge in [-0.2, -0.15) is 5.10 Å². The number of aromatic nitrogens is 2. The van der Waals surface area contributed by atoms with Gasteiger partial charge in [0.05, 0.1) is 18.6 Å². The van der Waals surface area contributed by atoms with Crippen LogP contribution in [-0.4, -0.2) is 9.78 Å². The van der Waals surface area contributed by atoms with Crippen molar-refractivity contribution in [2.24, 2.45) is 0 Å². The van der Waals surface area contributed by atoms with Gasteiger partial charge in [0.25, 0.3) is 0 Å². The standard InChI is InChI=1S/C12H12BrClN2/c1-9-11(6-14)7-15-16(9)8-10-4-2-3-5-12(10)13/h2-5,7H,6,8H2,1H3. The van der Waals surface area contributed by atoms with E-state index < -0.39 is 0 Å². The number of benzene rings is 1. The Labute approximate surface area is 108 Å². The molecule has 0 atom stereocenters. The summed E-state index contributed by atoms with van der Waals surface area (Å²) in [6.07, 6.45) is 1.83. The topological polar surface area (TPSA) is 17.8 Å². The SMILES string of the molecule is Cc1c(CCl)cnn1Cc1ccccc1Br. The van der Waals surface area contributed by atoms with Crippen LogP contribution in [0.3, 0.4) is 0 Å². The predicted molar refractivity (Wildman–Crippen MR) is 69.8 cm³/mol. The highest BCUT2D eigenvalue weighted by Crippen LogP contribution is 2.18. The largest absolute Gasteiger partial charge is 0.265 e. The zero-order valence-electron chi connectivity index (χ0n) is 8.95. The first-order chi connectivity index (χ1) is 7.72. The van der Waals surface area contributed by atoms with Gasteiger partial charge in [-0.15, -0.1) is 11.6 Å². The van der Waals surface area contributed by atoms with Gasteiger partial charge in [-0.25, -0.2) is 0 Å². The van der Waals surface area contributed by atoms with Crippen LogP contribution in [0.5, 0.6) is 0 Å². The van der Waals surface area contributed by atoms with Crippen LogP contribution in [0.4, 0.5) is 0 Å². The summed E-state index contributed by atoms with van der Waals surface area (Å²) in [5.74, 6) is 0.516. The highest BCUT2D eigenvalue weighted by atomic mass is 79.9. The van der Waals surface area contributed by atoms with Crippen LogP contribution in [0.15, 0.2) is 34.9 Å². The maximum atomic E-state index is 5.82. The number of nitrogens with zero attached hydrogens (tertiary/aromatic N) is 2. The number of rotatable bonds is 3. The predicted octanol–water partition coefficient (Wildman–Crippen LogP) is 3.74. The van der Waals surface area contributed by atoms with Gasteiger partial charge in [-0.1, -0.05) is 34.1 Å². The molecule has 0 N–H and O–H groups in total. The molecule has 0 spiro atoms. The molecule has 1 aromatic carbocycles. The van der Waals surface area contributed by atoms with Crippen molar-refractivity contribution in [2.45, 2.75) is 19.3 Å². The minimum absolute atomic E-state index is 0.516. The van der Waals surface area contributed by atoms with E-state index >= 15 is 0 Å². The highest BCUT2D eigenvalue weighted by Gasteiger charge is 2.06. The smallest absolute Gasteiger partial charge is 0.0673 e. The van der Waals surface area contributed by atoms with E-state index in [1.807, 2.05) is 36.0 Å². The fourth-order valence-corrected chi connectivity index (χ4v) is 2.24. The van der Waals surface area contributed by atoms with Gasteiger partial charge in [0.15, 0.2) is 0 Å². The first-order valence-electron chi connectivity index (χ1n) is 5.03. The lowest BCUT2D eigenvalue weighted by Crippen LogP contribution is -2.04. The molecular formula is C12H12BrClN2. The van der Waals surface area contributed by atoms with Crippen molar-refractivity contribution in [2.75, 3.05) is 0 Å². The average Bonchev–Trinajstić information content (AvgIpc) is 2.63. The van der Waals surface area contributed by atoms with Crippen molar-refractivity contribution in [3.63, 3.8) is 0 Å². The first-order valence-corrected chi connectivity index (χ1v) is 6.35. The summed E-state index contributed by atoms with van der Waals surface area (Å²) in [5, 5.41) is 4.33. The second kappa shape index (κ2) is 5.02. The Morgan fingerprint density at radius 1 is 1.31 bits per heavy atom. The molecule has 16 heavy (non-hydrogen) atoms. The van der Waals surface area contributed by atoms with Gasteiger partial charge >= 0.3 is 0 Å². The van der Waals surface area contributed by atoms with E-state index in [9.17, 15) is 0 Å². The maximum Gasteiger partial charge on any atom is 0.0673 e. The van der Waals surface area contributed by atoms with E-state index in [2.05, 4.69) is 27.1 Å². The van der Waals surface area contributed by atoms with Crippen LogP contribution in [0, 0.1) is 6.92 Å². The molecule has 0 aliphatic rings. The van der Waals surface area contributed by atoms with E-state index in [0.717, 1.165) is 22.3 Å². The Kier molecular flexibility index (Phi) is 3.66. The lowest BCUT2D eigenvalue weighted by Gasteiger charge is -2.07. The Hall–Kier alpha value is -0.800.